The number of ether oxygens (including phenoxy) is 1. The molecule has 7 heteroatoms. The molecule has 0 radical (unpaired) electrons. The molecular weight excluding hydrogens is 283 g/mol. The highest BCUT2D eigenvalue weighted by atomic mass is 35.5. The lowest BCUT2D eigenvalue weighted by molar-refractivity contribution is -0.174. The monoisotopic (exact) mass is 301 g/mol. The molecule has 112 valence electrons. The molecule has 0 aromatic carbocycles. The maximum absolute atomic E-state index is 11.8. The smallest absolute Gasteiger partial charge is 0.372 e. The molecule has 1 aliphatic rings. The summed E-state index contributed by atoms with van der Waals surface area (Å²) in [6.07, 6.45) is -0.497. The summed E-state index contributed by atoms with van der Waals surface area (Å²) in [7, 11) is 0. The Labute approximate surface area is 115 Å². The van der Waals surface area contributed by atoms with Crippen molar-refractivity contribution in [2.45, 2.75) is 43.7 Å². The zero-order valence-corrected chi connectivity index (χ0v) is 11.4. The number of amides is 1. The average molecular weight is 302 g/mol. The normalized spacial score (nSPS) is 24.2. The Morgan fingerprint density at radius 1 is 1.26 bits per heavy atom. The van der Waals surface area contributed by atoms with Gasteiger partial charge in [0, 0.05) is 18.3 Å². The van der Waals surface area contributed by atoms with Crippen molar-refractivity contribution in [1.82, 2.24) is 5.32 Å². The van der Waals surface area contributed by atoms with Crippen LogP contribution in [0.3, 0.4) is 0 Å². The van der Waals surface area contributed by atoms with E-state index in [1.807, 2.05) is 0 Å². The van der Waals surface area contributed by atoms with Crippen molar-refractivity contribution in [1.29, 1.82) is 0 Å². The van der Waals surface area contributed by atoms with Crippen molar-refractivity contribution in [2.24, 2.45) is 5.92 Å². The van der Waals surface area contributed by atoms with Crippen molar-refractivity contribution in [3.63, 3.8) is 0 Å². The molecule has 0 heterocycles. The number of hydrogen-bond donors (Lipinski definition) is 1. The third-order valence-electron chi connectivity index (χ3n) is 3.10. The second-order valence-corrected chi connectivity index (χ2v) is 5.46. The van der Waals surface area contributed by atoms with E-state index < -0.39 is 12.8 Å². The van der Waals surface area contributed by atoms with Crippen molar-refractivity contribution in [3.05, 3.63) is 0 Å². The Morgan fingerprint density at radius 2 is 1.89 bits per heavy atom. The second-order valence-electron chi connectivity index (χ2n) is 4.84. The van der Waals surface area contributed by atoms with Crippen LogP contribution in [0.25, 0.3) is 0 Å². The molecule has 0 bridgehead atoms. The van der Waals surface area contributed by atoms with E-state index in [1.165, 1.54) is 0 Å². The highest BCUT2D eigenvalue weighted by Gasteiger charge is 2.27. The Morgan fingerprint density at radius 3 is 2.47 bits per heavy atom. The molecule has 0 unspecified atom stereocenters. The SMILES string of the molecule is O=C(CCOCC(F)(F)F)NCC1CCC(Cl)CC1. The van der Waals surface area contributed by atoms with E-state index in [-0.39, 0.29) is 24.3 Å². The summed E-state index contributed by atoms with van der Waals surface area (Å²) in [4.78, 5) is 11.4. The van der Waals surface area contributed by atoms with Gasteiger partial charge in [-0.15, -0.1) is 11.6 Å². The largest absolute Gasteiger partial charge is 0.411 e. The summed E-state index contributed by atoms with van der Waals surface area (Å²) < 4.78 is 39.7. The number of halogens is 4. The number of nitrogens with one attached hydrogen (secondary N) is 1. The fourth-order valence-electron chi connectivity index (χ4n) is 2.03. The number of rotatable bonds is 6. The van der Waals surface area contributed by atoms with Gasteiger partial charge in [0.1, 0.15) is 6.61 Å². The first-order valence-electron chi connectivity index (χ1n) is 6.42. The van der Waals surface area contributed by atoms with Crippen LogP contribution in [0, 0.1) is 5.92 Å². The number of alkyl halides is 4. The molecule has 1 amide bonds. The van der Waals surface area contributed by atoms with Gasteiger partial charge < -0.3 is 10.1 Å². The van der Waals surface area contributed by atoms with Crippen LogP contribution in [-0.2, 0) is 9.53 Å². The summed E-state index contributed by atoms with van der Waals surface area (Å²) in [6, 6.07) is 0. The molecule has 3 nitrogen and oxygen atoms in total. The Hall–Kier alpha value is -0.490. The maximum Gasteiger partial charge on any atom is 0.411 e. The van der Waals surface area contributed by atoms with Crippen molar-refractivity contribution >= 4 is 17.5 Å². The van der Waals surface area contributed by atoms with Crippen molar-refractivity contribution < 1.29 is 22.7 Å². The first-order chi connectivity index (χ1) is 8.87. The highest BCUT2D eigenvalue weighted by Crippen LogP contribution is 2.26. The molecule has 19 heavy (non-hydrogen) atoms. The van der Waals surface area contributed by atoms with Gasteiger partial charge >= 0.3 is 6.18 Å². The minimum absolute atomic E-state index is 0.0407. The predicted molar refractivity (Wildman–Crippen MR) is 66.1 cm³/mol. The van der Waals surface area contributed by atoms with E-state index in [9.17, 15) is 18.0 Å². The van der Waals surface area contributed by atoms with Gasteiger partial charge in [0.25, 0.3) is 0 Å². The van der Waals surface area contributed by atoms with Gasteiger partial charge in [-0.3, -0.25) is 4.79 Å². The Balaban J connectivity index is 2.02. The molecule has 0 spiro atoms. The van der Waals surface area contributed by atoms with Crippen LogP contribution in [0.5, 0.6) is 0 Å². The lowest BCUT2D eigenvalue weighted by atomic mass is 9.89. The van der Waals surface area contributed by atoms with Gasteiger partial charge in [-0.05, 0) is 31.6 Å². The molecule has 1 N–H and O–H groups in total. The van der Waals surface area contributed by atoms with E-state index in [4.69, 9.17) is 11.6 Å². The summed E-state index contributed by atoms with van der Waals surface area (Å²) in [5.74, 6) is 0.158. The minimum atomic E-state index is -4.34. The molecule has 0 aromatic rings. The molecule has 1 fully saturated rings. The lowest BCUT2D eigenvalue weighted by Crippen LogP contribution is -2.32. The Bertz CT molecular complexity index is 279. The number of carbonyl (C=O) groups is 1. The molecule has 1 aliphatic carbocycles. The van der Waals surface area contributed by atoms with Gasteiger partial charge in [-0.25, -0.2) is 0 Å². The first-order valence-corrected chi connectivity index (χ1v) is 6.85. The molecule has 0 aliphatic heterocycles. The van der Waals surface area contributed by atoms with Crippen LogP contribution in [0.1, 0.15) is 32.1 Å². The van der Waals surface area contributed by atoms with Gasteiger partial charge in [0.2, 0.25) is 5.91 Å². The molecule has 1 rings (SSSR count). The quantitative estimate of drug-likeness (QED) is 0.605. The van der Waals surface area contributed by atoms with Crippen LogP contribution in [0.15, 0.2) is 0 Å². The third kappa shape index (κ3) is 8.31. The topological polar surface area (TPSA) is 38.3 Å². The third-order valence-corrected chi connectivity index (χ3v) is 3.54. The van der Waals surface area contributed by atoms with Gasteiger partial charge in [0.05, 0.1) is 6.61 Å². The Kier molecular flexibility index (Phi) is 6.93. The van der Waals surface area contributed by atoms with Crippen molar-refractivity contribution in [2.75, 3.05) is 19.8 Å². The summed E-state index contributed by atoms with van der Waals surface area (Å²) in [5.41, 5.74) is 0. The molecule has 0 aromatic heterocycles. The zero-order chi connectivity index (χ0) is 14.3. The number of carbonyl (C=O) groups excluding carboxylic acids is 1. The lowest BCUT2D eigenvalue weighted by Gasteiger charge is -2.25. The van der Waals surface area contributed by atoms with E-state index >= 15 is 0 Å². The predicted octanol–water partition coefficient (Wildman–Crippen LogP) is 2.87. The molecule has 1 saturated carbocycles. The van der Waals surface area contributed by atoms with Crippen LogP contribution in [0.2, 0.25) is 0 Å². The fraction of sp³-hybridized carbons (Fsp3) is 0.917. The first kappa shape index (κ1) is 16.6. The zero-order valence-electron chi connectivity index (χ0n) is 10.6. The van der Waals surface area contributed by atoms with Crippen LogP contribution in [0.4, 0.5) is 13.2 Å². The molecular formula is C12H19ClF3NO2. The molecule has 0 atom stereocenters. The van der Waals surface area contributed by atoms with E-state index in [0.29, 0.717) is 12.5 Å². The summed E-state index contributed by atoms with van der Waals surface area (Å²) in [6.45, 7) is -0.943. The molecule has 0 saturated heterocycles. The average Bonchev–Trinajstić information content (AvgIpc) is 2.33. The van der Waals surface area contributed by atoms with Crippen LogP contribution in [-0.4, -0.2) is 37.2 Å². The van der Waals surface area contributed by atoms with Gasteiger partial charge in [-0.1, -0.05) is 0 Å². The second kappa shape index (κ2) is 7.94. The minimum Gasteiger partial charge on any atom is -0.372 e. The van der Waals surface area contributed by atoms with Gasteiger partial charge in [-0.2, -0.15) is 13.2 Å². The summed E-state index contributed by atoms with van der Waals surface area (Å²) in [5, 5.41) is 2.96. The van der Waals surface area contributed by atoms with E-state index in [2.05, 4.69) is 10.1 Å². The summed E-state index contributed by atoms with van der Waals surface area (Å²) >= 11 is 5.97. The fourth-order valence-corrected chi connectivity index (χ4v) is 2.28. The van der Waals surface area contributed by atoms with Crippen LogP contribution >= 0.6 is 11.6 Å². The van der Waals surface area contributed by atoms with Crippen LogP contribution < -0.4 is 5.32 Å². The van der Waals surface area contributed by atoms with E-state index in [1.54, 1.807) is 0 Å². The van der Waals surface area contributed by atoms with Gasteiger partial charge in [0.15, 0.2) is 0 Å². The maximum atomic E-state index is 11.8. The number of hydrogen-bond acceptors (Lipinski definition) is 2. The standard InChI is InChI=1S/C12H19ClF3NO2/c13-10-3-1-9(2-4-10)7-17-11(18)5-6-19-8-12(14,15)16/h9-10H,1-8H2,(H,17,18). The van der Waals surface area contributed by atoms with E-state index in [0.717, 1.165) is 25.7 Å². The highest BCUT2D eigenvalue weighted by molar-refractivity contribution is 6.20. The van der Waals surface area contributed by atoms with Crippen molar-refractivity contribution in [3.8, 4) is 0 Å².